The fraction of sp³-hybridized carbons (Fsp3) is 0.263. The predicted octanol–water partition coefficient (Wildman–Crippen LogP) is 4.31. The van der Waals surface area contributed by atoms with Gasteiger partial charge in [-0.05, 0) is 0 Å². The Hall–Kier alpha value is -3.15. The van der Waals surface area contributed by atoms with Crippen LogP contribution in [0.1, 0.15) is 34.0 Å². The molecule has 1 unspecified atom stereocenters. The number of hydrogen-bond donors (Lipinski definition) is 0. The number of nitrogens with zero attached hydrogens (tertiary/aromatic N) is 3. The first-order valence-corrected chi connectivity index (χ1v) is 9.64. The van der Waals surface area contributed by atoms with E-state index in [-0.39, 0.29) is 21.8 Å². The number of aliphatic imine (C=N–C) groups is 1. The second-order valence-electron chi connectivity index (χ2n) is 6.24. The number of aromatic nitrogens is 2. The van der Waals surface area contributed by atoms with E-state index in [2.05, 4.69) is 15.0 Å². The van der Waals surface area contributed by atoms with Gasteiger partial charge in [0.25, 0.3) is 0 Å². The molecule has 12 heteroatoms. The molecule has 7 nitrogen and oxygen atoms in total. The Morgan fingerprint density at radius 3 is 2.58 bits per heavy atom. The summed E-state index contributed by atoms with van der Waals surface area (Å²) in [6.07, 6.45) is -3.57. The van der Waals surface area contributed by atoms with Crippen molar-refractivity contribution in [1.29, 1.82) is 0 Å². The molecule has 0 radical (unpaired) electrons. The summed E-state index contributed by atoms with van der Waals surface area (Å²) in [5, 5.41) is 0.728. The van der Waals surface area contributed by atoms with Crippen LogP contribution in [0.3, 0.4) is 0 Å². The van der Waals surface area contributed by atoms with E-state index in [1.165, 1.54) is 26.4 Å². The van der Waals surface area contributed by atoms with E-state index in [1.54, 1.807) is 13.0 Å². The number of carbonyl (C=O) groups excluding carboxylic acids is 1. The molecule has 3 rings (SSSR count). The zero-order valence-corrected chi connectivity index (χ0v) is 17.4. The van der Waals surface area contributed by atoms with Crippen LogP contribution in [0.15, 0.2) is 29.3 Å². The Kier molecular flexibility index (Phi) is 6.49. The number of rotatable bonds is 6. The normalized spacial score (nSPS) is 12.7. The van der Waals surface area contributed by atoms with Gasteiger partial charge in [-0.15, -0.1) is 0 Å². The number of halogens is 3. The maximum absolute atomic E-state index is 13.1. The molecule has 0 N–H and O–H groups in total. The Morgan fingerprint density at radius 2 is 1.97 bits per heavy atom. The molecule has 0 saturated carbocycles. The maximum atomic E-state index is 13.1. The molecule has 1 aromatic carbocycles. The van der Waals surface area contributed by atoms with Crippen molar-refractivity contribution in [2.24, 2.45) is 4.99 Å². The Balaban J connectivity index is 2.23. The van der Waals surface area contributed by atoms with E-state index in [0.717, 1.165) is 23.5 Å². The average molecular weight is 449 g/mol. The predicted molar refractivity (Wildman–Crippen MR) is 109 cm³/mol. The van der Waals surface area contributed by atoms with Gasteiger partial charge in [-0.25, -0.2) is 0 Å². The molecule has 2 aromatic heterocycles. The van der Waals surface area contributed by atoms with Gasteiger partial charge < -0.3 is 0 Å². The summed E-state index contributed by atoms with van der Waals surface area (Å²) in [4.78, 5) is 24.6. The average Bonchev–Trinajstić information content (AvgIpc) is 3.20. The van der Waals surface area contributed by atoms with Crippen molar-refractivity contribution in [3.05, 3.63) is 40.5 Å². The fourth-order valence-corrected chi connectivity index (χ4v) is 4.02. The van der Waals surface area contributed by atoms with Crippen molar-refractivity contribution in [2.75, 3.05) is 14.2 Å². The zero-order valence-electron chi connectivity index (χ0n) is 16.6. The molecule has 0 aliphatic rings. The van der Waals surface area contributed by atoms with Crippen molar-refractivity contribution in [1.82, 2.24) is 9.97 Å². The molecule has 2 heterocycles. The summed E-state index contributed by atoms with van der Waals surface area (Å²) in [5.74, 6) is -0.471. The van der Waals surface area contributed by atoms with E-state index in [9.17, 15) is 22.7 Å². The summed E-state index contributed by atoms with van der Waals surface area (Å²) < 4.78 is 60.0. The molecule has 160 valence electrons. The molecule has 0 bridgehead atoms. The van der Waals surface area contributed by atoms with Crippen molar-refractivity contribution in [3.63, 3.8) is 0 Å². The first-order valence-electron chi connectivity index (χ1n) is 8.82. The molecule has 3 aromatic rings. The van der Waals surface area contributed by atoms with Gasteiger partial charge >= 0.3 is 166 Å². The first kappa shape index (κ1) is 22.5. The number of thiazole rings is 1. The number of ether oxygens (including phenoxy) is 2. The molecule has 0 aliphatic heterocycles. The van der Waals surface area contributed by atoms with E-state index in [4.69, 9.17) is 9.47 Å². The summed E-state index contributed by atoms with van der Waals surface area (Å²) in [6.45, 7) is 1.65. The third-order valence-corrected chi connectivity index (χ3v) is 5.44. The van der Waals surface area contributed by atoms with Gasteiger partial charge in [0.15, 0.2) is 0 Å². The Morgan fingerprint density at radius 1 is 1.23 bits per heavy atom. The van der Waals surface area contributed by atoms with Crippen molar-refractivity contribution < 1.29 is 32.1 Å². The summed E-state index contributed by atoms with van der Waals surface area (Å²) in [5.41, 5.74) is -0.292. The number of alkyl halides is 3. The molecule has 0 aliphatic carbocycles. The van der Waals surface area contributed by atoms with Crippen LogP contribution >= 0.6 is 11.3 Å². The molecular weight excluding hydrogens is 434 g/mol. The second-order valence-corrected chi connectivity index (χ2v) is 7.24. The van der Waals surface area contributed by atoms with Gasteiger partial charge in [0.1, 0.15) is 0 Å². The first-order chi connectivity index (χ1) is 14.7. The fourth-order valence-electron chi connectivity index (χ4n) is 2.91. The van der Waals surface area contributed by atoms with Crippen LogP contribution in [-0.4, -0.2) is 43.4 Å². The molecular formula is C19H15BF3N3O4S. The number of pyridine rings is 1. The standard InChI is InChI=1S/C19H15BF3N3O4S/c1-9(24-8-20-28)14-16(18(27)30-3)31-17(26-14)11-4-6-12(29-2)15-10(11)5-7-13(25-15)19(21,22)23/h4-9H,1-3H3. The van der Waals surface area contributed by atoms with Crippen molar-refractivity contribution in [3.8, 4) is 16.3 Å². The summed E-state index contributed by atoms with van der Waals surface area (Å²) >= 11 is 1.01. The van der Waals surface area contributed by atoms with Gasteiger partial charge in [0.2, 0.25) is 0 Å². The molecule has 0 spiro atoms. The van der Waals surface area contributed by atoms with Crippen LogP contribution in [0.4, 0.5) is 13.2 Å². The Bertz CT molecular complexity index is 1180. The van der Waals surface area contributed by atoms with Crippen LogP contribution in [0.2, 0.25) is 0 Å². The molecule has 31 heavy (non-hydrogen) atoms. The van der Waals surface area contributed by atoms with Crippen molar-refractivity contribution in [2.45, 2.75) is 19.1 Å². The third kappa shape index (κ3) is 4.48. The van der Waals surface area contributed by atoms with E-state index >= 15 is 0 Å². The van der Waals surface area contributed by atoms with E-state index < -0.39 is 23.9 Å². The Labute approximate surface area is 179 Å². The van der Waals surface area contributed by atoms with Crippen LogP contribution in [0.5, 0.6) is 5.75 Å². The van der Waals surface area contributed by atoms with Gasteiger partial charge in [0.05, 0.1) is 0 Å². The molecule has 1 atom stereocenters. The quantitative estimate of drug-likeness (QED) is 0.317. The van der Waals surface area contributed by atoms with Crippen molar-refractivity contribution >= 4 is 41.5 Å². The number of esters is 1. The van der Waals surface area contributed by atoms with Crippen LogP contribution < -0.4 is 4.74 Å². The van der Waals surface area contributed by atoms with Crippen LogP contribution in [0.25, 0.3) is 21.5 Å². The van der Waals surface area contributed by atoms with Gasteiger partial charge in [0, 0.05) is 0 Å². The van der Waals surface area contributed by atoms with Crippen LogP contribution in [0, 0.1) is 0 Å². The summed E-state index contributed by atoms with van der Waals surface area (Å²) in [7, 11) is 3.05. The summed E-state index contributed by atoms with van der Waals surface area (Å²) in [6, 6.07) is 4.65. The van der Waals surface area contributed by atoms with Gasteiger partial charge in [-0.1, -0.05) is 0 Å². The number of methoxy groups -OCH3 is 2. The van der Waals surface area contributed by atoms with Crippen LogP contribution in [-0.2, 0) is 15.6 Å². The third-order valence-electron chi connectivity index (χ3n) is 4.35. The number of hydrogen-bond acceptors (Lipinski definition) is 8. The van der Waals surface area contributed by atoms with Gasteiger partial charge in [-0.3, -0.25) is 0 Å². The SMILES string of the molecule is COC(=O)c1sc(-c2ccc(OC)c3nc(C(F)(F)F)ccc23)nc1C(C)N=CB=O. The van der Waals surface area contributed by atoms with E-state index in [1.807, 2.05) is 0 Å². The van der Waals surface area contributed by atoms with Gasteiger partial charge in [-0.2, -0.15) is 13.2 Å². The molecule has 0 saturated heterocycles. The monoisotopic (exact) mass is 449 g/mol. The molecule has 0 amide bonds. The number of carbonyl (C=O) groups is 1. The number of benzene rings is 1. The van der Waals surface area contributed by atoms with E-state index in [0.29, 0.717) is 23.1 Å². The zero-order chi connectivity index (χ0) is 22.8. The minimum absolute atomic E-state index is 0.0122. The molecule has 0 fully saturated rings. The number of fused-ring (bicyclic) bond motifs is 1. The topological polar surface area (TPSA) is 90.7 Å². The minimum atomic E-state index is -4.62. The second kappa shape index (κ2) is 8.92.